The average Bonchev–Trinajstić information content (AvgIpc) is 2.25. The molecule has 0 aliphatic carbocycles. The van der Waals surface area contributed by atoms with Gasteiger partial charge in [-0.2, -0.15) is 5.26 Å². The SMILES string of the molecule is CC(C)(C)OC(=O)C(CC#N)c1ccc(Cl)cc1. The fourth-order valence-electron chi connectivity index (χ4n) is 1.50. The van der Waals surface area contributed by atoms with Crippen LogP contribution in [0.5, 0.6) is 0 Å². The van der Waals surface area contributed by atoms with Gasteiger partial charge in [0.05, 0.1) is 18.4 Å². The van der Waals surface area contributed by atoms with Crippen LogP contribution in [0.1, 0.15) is 38.7 Å². The lowest BCUT2D eigenvalue weighted by atomic mass is 9.96. The molecule has 1 aromatic rings. The first kappa shape index (κ1) is 14.5. The number of carbonyl (C=O) groups excluding carboxylic acids is 1. The second kappa shape index (κ2) is 5.88. The van der Waals surface area contributed by atoms with Crippen molar-refractivity contribution in [3.8, 4) is 6.07 Å². The summed E-state index contributed by atoms with van der Waals surface area (Å²) in [7, 11) is 0. The predicted molar refractivity (Wildman–Crippen MR) is 70.3 cm³/mol. The molecular formula is C14H16ClNO2. The first-order valence-corrected chi connectivity index (χ1v) is 6.06. The zero-order valence-electron chi connectivity index (χ0n) is 10.7. The van der Waals surface area contributed by atoms with Crippen LogP contribution in [-0.2, 0) is 9.53 Å². The molecule has 0 N–H and O–H groups in total. The van der Waals surface area contributed by atoms with Crippen molar-refractivity contribution in [2.24, 2.45) is 0 Å². The molecule has 3 nitrogen and oxygen atoms in total. The van der Waals surface area contributed by atoms with Gasteiger partial charge in [-0.3, -0.25) is 4.79 Å². The topological polar surface area (TPSA) is 50.1 Å². The first-order chi connectivity index (χ1) is 8.33. The maximum atomic E-state index is 12.0. The van der Waals surface area contributed by atoms with E-state index in [1.807, 2.05) is 6.07 Å². The van der Waals surface area contributed by atoms with Gasteiger partial charge in [0, 0.05) is 5.02 Å². The molecule has 1 atom stereocenters. The molecule has 0 amide bonds. The highest BCUT2D eigenvalue weighted by atomic mass is 35.5. The second-order valence-electron chi connectivity index (χ2n) is 5.00. The van der Waals surface area contributed by atoms with Crippen molar-refractivity contribution >= 4 is 17.6 Å². The molecule has 1 unspecified atom stereocenters. The molecule has 4 heteroatoms. The van der Waals surface area contributed by atoms with E-state index in [1.165, 1.54) is 0 Å². The van der Waals surface area contributed by atoms with Crippen molar-refractivity contribution in [2.45, 2.75) is 38.7 Å². The highest BCUT2D eigenvalue weighted by Crippen LogP contribution is 2.25. The van der Waals surface area contributed by atoms with Crippen molar-refractivity contribution in [3.05, 3.63) is 34.9 Å². The Labute approximate surface area is 112 Å². The van der Waals surface area contributed by atoms with E-state index in [0.717, 1.165) is 5.56 Å². The Hall–Kier alpha value is -1.53. The summed E-state index contributed by atoms with van der Waals surface area (Å²) in [5, 5.41) is 9.41. The summed E-state index contributed by atoms with van der Waals surface area (Å²) in [6, 6.07) is 8.90. The third-order valence-corrected chi connectivity index (χ3v) is 2.51. The number of carbonyl (C=O) groups is 1. The molecular weight excluding hydrogens is 250 g/mol. The summed E-state index contributed by atoms with van der Waals surface area (Å²) in [6.45, 7) is 5.41. The number of hydrogen-bond acceptors (Lipinski definition) is 3. The molecule has 96 valence electrons. The number of ether oxygens (including phenoxy) is 1. The van der Waals surface area contributed by atoms with Crippen molar-refractivity contribution in [1.82, 2.24) is 0 Å². The van der Waals surface area contributed by atoms with E-state index in [-0.39, 0.29) is 12.4 Å². The van der Waals surface area contributed by atoms with E-state index in [9.17, 15) is 4.79 Å². The van der Waals surface area contributed by atoms with Gasteiger partial charge in [0.2, 0.25) is 0 Å². The van der Waals surface area contributed by atoms with Crippen molar-refractivity contribution < 1.29 is 9.53 Å². The lowest BCUT2D eigenvalue weighted by Gasteiger charge is -2.23. The average molecular weight is 266 g/mol. The predicted octanol–water partition coefficient (Wildman–Crippen LogP) is 3.68. The number of hydrogen-bond donors (Lipinski definition) is 0. The lowest BCUT2D eigenvalue weighted by molar-refractivity contribution is -0.156. The molecule has 0 spiro atoms. The van der Waals surface area contributed by atoms with Crippen LogP contribution in [0.25, 0.3) is 0 Å². The van der Waals surface area contributed by atoms with E-state index in [0.29, 0.717) is 5.02 Å². The summed E-state index contributed by atoms with van der Waals surface area (Å²) < 4.78 is 5.31. The molecule has 0 aliphatic rings. The van der Waals surface area contributed by atoms with Gasteiger partial charge in [-0.25, -0.2) is 0 Å². The first-order valence-electron chi connectivity index (χ1n) is 5.69. The zero-order valence-corrected chi connectivity index (χ0v) is 11.5. The van der Waals surface area contributed by atoms with Crippen LogP contribution in [0.3, 0.4) is 0 Å². The minimum absolute atomic E-state index is 0.0938. The van der Waals surface area contributed by atoms with Crippen LogP contribution in [0.15, 0.2) is 24.3 Å². The van der Waals surface area contributed by atoms with Crippen LogP contribution in [0.2, 0.25) is 5.02 Å². The highest BCUT2D eigenvalue weighted by molar-refractivity contribution is 6.30. The van der Waals surface area contributed by atoms with E-state index in [1.54, 1.807) is 45.0 Å². The summed E-state index contributed by atoms with van der Waals surface area (Å²) in [4.78, 5) is 12.0. The number of nitrogens with zero attached hydrogens (tertiary/aromatic N) is 1. The van der Waals surface area contributed by atoms with Gasteiger partial charge < -0.3 is 4.74 Å². The smallest absolute Gasteiger partial charge is 0.314 e. The van der Waals surface area contributed by atoms with Gasteiger partial charge >= 0.3 is 5.97 Å². The standard InChI is InChI=1S/C14H16ClNO2/c1-14(2,3)18-13(17)12(8-9-16)10-4-6-11(15)7-5-10/h4-7,12H,8H2,1-3H3. The molecule has 0 aromatic heterocycles. The molecule has 0 saturated heterocycles. The zero-order chi connectivity index (χ0) is 13.8. The minimum Gasteiger partial charge on any atom is -0.459 e. The van der Waals surface area contributed by atoms with Crippen molar-refractivity contribution in [2.75, 3.05) is 0 Å². The Morgan fingerprint density at radius 1 is 1.39 bits per heavy atom. The quantitative estimate of drug-likeness (QED) is 0.784. The van der Waals surface area contributed by atoms with Gasteiger partial charge in [-0.05, 0) is 38.5 Å². The molecule has 18 heavy (non-hydrogen) atoms. The normalized spacial score (nSPS) is 12.6. The minimum atomic E-state index is -0.563. The van der Waals surface area contributed by atoms with Gasteiger partial charge in [-0.1, -0.05) is 23.7 Å². The molecule has 0 aliphatic heterocycles. The molecule has 0 bridgehead atoms. The summed E-state index contributed by atoms with van der Waals surface area (Å²) in [5.41, 5.74) is 0.187. The Balaban J connectivity index is 2.93. The van der Waals surface area contributed by atoms with E-state index in [2.05, 4.69) is 0 Å². The summed E-state index contributed by atoms with van der Waals surface area (Å²) in [5.74, 6) is -0.946. The lowest BCUT2D eigenvalue weighted by Crippen LogP contribution is -2.27. The van der Waals surface area contributed by atoms with Crippen molar-refractivity contribution in [3.63, 3.8) is 0 Å². The number of esters is 1. The number of benzene rings is 1. The van der Waals surface area contributed by atoms with Gasteiger partial charge in [0.25, 0.3) is 0 Å². The molecule has 0 fully saturated rings. The van der Waals surface area contributed by atoms with Crippen molar-refractivity contribution in [1.29, 1.82) is 5.26 Å². The van der Waals surface area contributed by atoms with E-state index in [4.69, 9.17) is 21.6 Å². The third-order valence-electron chi connectivity index (χ3n) is 2.26. The van der Waals surface area contributed by atoms with Gasteiger partial charge in [-0.15, -0.1) is 0 Å². The summed E-state index contributed by atoms with van der Waals surface area (Å²) in [6.07, 6.45) is 0.0938. The Morgan fingerprint density at radius 2 is 1.94 bits per heavy atom. The number of nitriles is 1. The molecule has 0 radical (unpaired) electrons. The molecule has 1 aromatic carbocycles. The van der Waals surface area contributed by atoms with Crippen LogP contribution in [0.4, 0.5) is 0 Å². The fraction of sp³-hybridized carbons (Fsp3) is 0.429. The molecule has 0 saturated carbocycles. The Kier molecular flexibility index (Phi) is 4.75. The van der Waals surface area contributed by atoms with E-state index < -0.39 is 11.5 Å². The van der Waals surface area contributed by atoms with Crippen LogP contribution < -0.4 is 0 Å². The highest BCUT2D eigenvalue weighted by Gasteiger charge is 2.26. The third kappa shape index (κ3) is 4.38. The second-order valence-corrected chi connectivity index (χ2v) is 5.44. The largest absolute Gasteiger partial charge is 0.459 e. The number of halogens is 1. The Morgan fingerprint density at radius 3 is 2.39 bits per heavy atom. The monoisotopic (exact) mass is 265 g/mol. The van der Waals surface area contributed by atoms with Gasteiger partial charge in [0.15, 0.2) is 0 Å². The van der Waals surface area contributed by atoms with Gasteiger partial charge in [0.1, 0.15) is 5.60 Å². The van der Waals surface area contributed by atoms with Crippen LogP contribution in [-0.4, -0.2) is 11.6 Å². The van der Waals surface area contributed by atoms with E-state index >= 15 is 0 Å². The van der Waals surface area contributed by atoms with Crippen LogP contribution in [0, 0.1) is 11.3 Å². The number of rotatable bonds is 3. The Bertz CT molecular complexity index is 454. The maximum Gasteiger partial charge on any atom is 0.314 e. The molecule has 0 heterocycles. The molecule has 1 rings (SSSR count). The fourth-order valence-corrected chi connectivity index (χ4v) is 1.62. The van der Waals surface area contributed by atoms with Crippen LogP contribution >= 0.6 is 11.6 Å². The maximum absolute atomic E-state index is 12.0. The summed E-state index contributed by atoms with van der Waals surface area (Å²) >= 11 is 5.80.